The Kier molecular flexibility index (Phi) is 12.1. The molecule has 1 atom stereocenters. The summed E-state index contributed by atoms with van der Waals surface area (Å²) < 4.78 is 20.1. The van der Waals surface area contributed by atoms with Gasteiger partial charge in [0.2, 0.25) is 11.8 Å². The predicted molar refractivity (Wildman–Crippen MR) is 135 cm³/mol. The van der Waals surface area contributed by atoms with Crippen molar-refractivity contribution in [3.8, 4) is 29.9 Å². The van der Waals surface area contributed by atoms with Crippen molar-refractivity contribution in [2.75, 3.05) is 28.4 Å². The van der Waals surface area contributed by atoms with Gasteiger partial charge in [-0.1, -0.05) is 40.9 Å². The maximum Gasteiger partial charge on any atom is 0.320 e. The highest BCUT2D eigenvalue weighted by molar-refractivity contribution is 6.30. The highest BCUT2D eigenvalue weighted by atomic mass is 35.5. The van der Waals surface area contributed by atoms with Crippen LogP contribution < -0.4 is 18.9 Å². The Hall–Kier alpha value is -3.97. The highest BCUT2D eigenvalue weighted by Gasteiger charge is 2.22. The van der Waals surface area contributed by atoms with Gasteiger partial charge in [-0.15, -0.1) is 0 Å². The summed E-state index contributed by atoms with van der Waals surface area (Å²) in [6.45, 7) is 9.65. The number of benzene rings is 1. The van der Waals surface area contributed by atoms with Crippen molar-refractivity contribution in [2.45, 2.75) is 33.6 Å². The molecule has 11 heteroatoms. The molecular formula is C25H30ClN5O5. The SMILES string of the molecule is C=O.COc1nc(Cl)c(C)c(OC)n1.COc1nc(OC)c(C)c(C(C#N)c2cc(C)cc(C)c2)n1. The average Bonchev–Trinajstić information content (AvgIpc) is 2.88. The van der Waals surface area contributed by atoms with Crippen LogP contribution in [0.5, 0.6) is 23.8 Å². The molecule has 1 unspecified atom stereocenters. The minimum absolute atomic E-state index is 0.196. The van der Waals surface area contributed by atoms with Gasteiger partial charge in [-0.3, -0.25) is 0 Å². The monoisotopic (exact) mass is 515 g/mol. The van der Waals surface area contributed by atoms with Gasteiger partial charge in [0.1, 0.15) is 17.9 Å². The van der Waals surface area contributed by atoms with Crippen LogP contribution in [-0.4, -0.2) is 55.2 Å². The largest absolute Gasteiger partial charge is 0.481 e. The van der Waals surface area contributed by atoms with Crippen LogP contribution in [0.3, 0.4) is 0 Å². The summed E-state index contributed by atoms with van der Waals surface area (Å²) in [5.41, 5.74) is 5.19. The second-order valence-corrected chi connectivity index (χ2v) is 7.71. The van der Waals surface area contributed by atoms with Gasteiger partial charge in [0.05, 0.1) is 40.2 Å². The minimum Gasteiger partial charge on any atom is -0.481 e. The Morgan fingerprint density at radius 3 is 1.69 bits per heavy atom. The molecule has 3 aromatic rings. The first-order chi connectivity index (χ1) is 17.2. The summed E-state index contributed by atoms with van der Waals surface area (Å²) >= 11 is 5.77. The van der Waals surface area contributed by atoms with E-state index in [1.165, 1.54) is 28.4 Å². The maximum atomic E-state index is 9.67. The second-order valence-electron chi connectivity index (χ2n) is 7.35. The quantitative estimate of drug-likeness (QED) is 0.437. The molecule has 0 aliphatic heterocycles. The fraction of sp³-hybridized carbons (Fsp3) is 0.360. The van der Waals surface area contributed by atoms with Crippen LogP contribution in [0.25, 0.3) is 0 Å². The lowest BCUT2D eigenvalue weighted by Gasteiger charge is -2.16. The van der Waals surface area contributed by atoms with Crippen LogP contribution in [0, 0.1) is 39.0 Å². The number of carbonyl (C=O) groups is 1. The van der Waals surface area contributed by atoms with Crippen molar-refractivity contribution < 1.29 is 23.7 Å². The van der Waals surface area contributed by atoms with Gasteiger partial charge in [0, 0.05) is 11.1 Å². The lowest BCUT2D eigenvalue weighted by Crippen LogP contribution is -2.09. The van der Waals surface area contributed by atoms with E-state index in [-0.39, 0.29) is 12.0 Å². The molecule has 0 bridgehead atoms. The summed E-state index contributed by atoms with van der Waals surface area (Å²) in [6, 6.07) is 8.82. The summed E-state index contributed by atoms with van der Waals surface area (Å²) in [4.78, 5) is 24.3. The molecule has 36 heavy (non-hydrogen) atoms. The first-order valence-corrected chi connectivity index (χ1v) is 10.9. The normalized spacial score (nSPS) is 10.4. The number of aromatic nitrogens is 4. The molecule has 0 N–H and O–H groups in total. The summed E-state index contributed by atoms with van der Waals surface area (Å²) in [5.74, 6) is 0.364. The second kappa shape index (κ2) is 14.4. The Morgan fingerprint density at radius 1 is 0.778 bits per heavy atom. The molecule has 0 saturated heterocycles. The Morgan fingerprint density at radius 2 is 1.25 bits per heavy atom. The molecular weight excluding hydrogens is 486 g/mol. The molecule has 0 spiro atoms. The van der Waals surface area contributed by atoms with Crippen molar-refractivity contribution in [1.82, 2.24) is 19.9 Å². The summed E-state index contributed by atoms with van der Waals surface area (Å²) in [6.07, 6.45) is 0. The van der Waals surface area contributed by atoms with Gasteiger partial charge >= 0.3 is 12.0 Å². The van der Waals surface area contributed by atoms with E-state index >= 15 is 0 Å². The Labute approximate surface area is 216 Å². The summed E-state index contributed by atoms with van der Waals surface area (Å²) in [7, 11) is 6.02. The van der Waals surface area contributed by atoms with E-state index in [9.17, 15) is 5.26 Å². The van der Waals surface area contributed by atoms with E-state index in [0.29, 0.717) is 28.2 Å². The van der Waals surface area contributed by atoms with Crippen LogP contribution >= 0.6 is 11.6 Å². The third kappa shape index (κ3) is 7.52. The Bertz CT molecular complexity index is 1200. The number of aryl methyl sites for hydroxylation is 2. The van der Waals surface area contributed by atoms with Gasteiger partial charge in [0.25, 0.3) is 0 Å². The molecule has 0 saturated carbocycles. The average molecular weight is 516 g/mol. The Balaban J connectivity index is 0.000000391. The van der Waals surface area contributed by atoms with Crippen LogP contribution in [-0.2, 0) is 4.79 Å². The molecule has 10 nitrogen and oxygen atoms in total. The number of carbonyl (C=O) groups excluding carboxylic acids is 1. The van der Waals surface area contributed by atoms with Crippen LogP contribution in [0.4, 0.5) is 0 Å². The number of rotatable bonds is 6. The van der Waals surface area contributed by atoms with E-state index in [1.807, 2.05) is 39.7 Å². The maximum absolute atomic E-state index is 9.67. The minimum atomic E-state index is -0.496. The van der Waals surface area contributed by atoms with Gasteiger partial charge < -0.3 is 23.7 Å². The lowest BCUT2D eigenvalue weighted by atomic mass is 9.92. The van der Waals surface area contributed by atoms with E-state index in [4.69, 9.17) is 35.3 Å². The zero-order valence-electron chi connectivity index (χ0n) is 21.7. The molecule has 0 aliphatic rings. The van der Waals surface area contributed by atoms with Crippen molar-refractivity contribution in [2.24, 2.45) is 0 Å². The van der Waals surface area contributed by atoms with E-state index in [1.54, 1.807) is 6.92 Å². The molecule has 0 radical (unpaired) electrons. The predicted octanol–water partition coefficient (Wildman–Crippen LogP) is 4.35. The lowest BCUT2D eigenvalue weighted by molar-refractivity contribution is -0.0980. The van der Waals surface area contributed by atoms with Gasteiger partial charge in [-0.05, 0) is 33.3 Å². The standard InChI is InChI=1S/C17H19N3O2.C7H9ClN2O2.CH2O/c1-10-6-11(2)8-13(7-10)14(9-18)15-12(3)16(21-4)20-17(19-15)22-5;1-4-5(8)9-7(12-3)10-6(4)11-2;1-2/h6-8,14H,1-5H3;1-3H3;1H2. The molecule has 0 aliphatic carbocycles. The third-order valence-electron chi connectivity index (χ3n) is 4.87. The number of hydrogen-bond donors (Lipinski definition) is 0. The number of hydrogen-bond acceptors (Lipinski definition) is 10. The zero-order chi connectivity index (χ0) is 27.4. The number of halogens is 1. The van der Waals surface area contributed by atoms with E-state index in [2.05, 4.69) is 32.1 Å². The number of nitrogens with zero attached hydrogens (tertiary/aromatic N) is 5. The van der Waals surface area contributed by atoms with E-state index in [0.717, 1.165) is 22.3 Å². The molecule has 0 amide bonds. The smallest absolute Gasteiger partial charge is 0.320 e. The van der Waals surface area contributed by atoms with Gasteiger partial charge in [-0.2, -0.15) is 25.2 Å². The van der Waals surface area contributed by atoms with Crippen LogP contribution in [0.15, 0.2) is 18.2 Å². The molecule has 192 valence electrons. The number of nitriles is 1. The van der Waals surface area contributed by atoms with Crippen LogP contribution in [0.2, 0.25) is 5.15 Å². The molecule has 2 heterocycles. The number of ether oxygens (including phenoxy) is 4. The molecule has 2 aromatic heterocycles. The topological polar surface area (TPSA) is 129 Å². The highest BCUT2D eigenvalue weighted by Crippen LogP contribution is 2.31. The fourth-order valence-corrected chi connectivity index (χ4v) is 3.43. The van der Waals surface area contributed by atoms with Crippen LogP contribution in [0.1, 0.15) is 39.4 Å². The first kappa shape index (κ1) is 30.1. The van der Waals surface area contributed by atoms with Crippen molar-refractivity contribution in [3.05, 3.63) is 56.9 Å². The van der Waals surface area contributed by atoms with Crippen molar-refractivity contribution >= 4 is 18.4 Å². The molecule has 3 rings (SSSR count). The fourth-order valence-electron chi connectivity index (χ4n) is 3.28. The van der Waals surface area contributed by atoms with Gasteiger partial charge in [0.15, 0.2) is 0 Å². The van der Waals surface area contributed by atoms with Crippen molar-refractivity contribution in [1.29, 1.82) is 5.26 Å². The number of methoxy groups -OCH3 is 4. The van der Waals surface area contributed by atoms with Crippen molar-refractivity contribution in [3.63, 3.8) is 0 Å². The first-order valence-electron chi connectivity index (χ1n) is 10.5. The molecule has 0 fully saturated rings. The summed E-state index contributed by atoms with van der Waals surface area (Å²) in [5, 5.41) is 10.0. The molecule has 1 aromatic carbocycles. The van der Waals surface area contributed by atoms with Gasteiger partial charge in [-0.25, -0.2) is 0 Å². The third-order valence-corrected chi connectivity index (χ3v) is 5.24. The zero-order valence-corrected chi connectivity index (χ0v) is 22.4. The van der Waals surface area contributed by atoms with E-state index < -0.39 is 5.92 Å².